The summed E-state index contributed by atoms with van der Waals surface area (Å²) in [7, 11) is 0. The van der Waals surface area contributed by atoms with Crippen LogP contribution in [0.25, 0.3) is 0 Å². The van der Waals surface area contributed by atoms with Crippen molar-refractivity contribution in [1.29, 1.82) is 0 Å². The highest BCUT2D eigenvalue weighted by Gasteiger charge is 2.28. The largest absolute Gasteiger partial charge is 0.489 e. The molecule has 3 rings (SSSR count). The number of rotatable bonds is 7. The average molecular weight is 418 g/mol. The number of anilines is 1. The van der Waals surface area contributed by atoms with Gasteiger partial charge in [0.05, 0.1) is 17.5 Å². The summed E-state index contributed by atoms with van der Waals surface area (Å²) in [6.07, 6.45) is -3.23. The van der Waals surface area contributed by atoms with Crippen molar-refractivity contribution in [2.45, 2.75) is 12.8 Å². The van der Waals surface area contributed by atoms with Gasteiger partial charge in [-0.2, -0.15) is 13.2 Å². The van der Waals surface area contributed by atoms with Crippen molar-refractivity contribution in [3.63, 3.8) is 0 Å². The molecule has 0 bridgehead atoms. The van der Waals surface area contributed by atoms with Gasteiger partial charge in [0.15, 0.2) is 5.76 Å². The van der Waals surface area contributed by atoms with Gasteiger partial charge in [0.2, 0.25) is 0 Å². The molecule has 0 aliphatic rings. The Morgan fingerprint density at radius 2 is 1.63 bits per heavy atom. The van der Waals surface area contributed by atoms with Gasteiger partial charge in [0.25, 0.3) is 11.8 Å². The molecular weight excluding hydrogens is 401 g/mol. The molecule has 30 heavy (non-hydrogen) atoms. The third-order valence-corrected chi connectivity index (χ3v) is 3.96. The molecule has 1 aromatic heterocycles. The molecule has 0 aliphatic heterocycles. The van der Waals surface area contributed by atoms with Crippen LogP contribution in [0.5, 0.6) is 5.75 Å². The van der Waals surface area contributed by atoms with E-state index in [0.29, 0.717) is 11.3 Å². The van der Waals surface area contributed by atoms with Crippen molar-refractivity contribution in [2.24, 2.45) is 0 Å². The zero-order valence-electron chi connectivity index (χ0n) is 15.5. The fourth-order valence-corrected chi connectivity index (χ4v) is 2.57. The van der Waals surface area contributed by atoms with Crippen molar-refractivity contribution in [3.8, 4) is 5.75 Å². The van der Waals surface area contributed by atoms with E-state index in [2.05, 4.69) is 5.32 Å². The van der Waals surface area contributed by atoms with Gasteiger partial charge in [-0.1, -0.05) is 30.3 Å². The maximum Gasteiger partial charge on any atom is 0.405 e. The molecule has 0 saturated heterocycles. The SMILES string of the molecule is O=C(NCC(F)(F)F)c1ccccc1NC(=O)c1occc1COc1ccccc1. The summed E-state index contributed by atoms with van der Waals surface area (Å²) in [5.41, 5.74) is 0.410. The van der Waals surface area contributed by atoms with Crippen LogP contribution in [0.4, 0.5) is 18.9 Å². The predicted octanol–water partition coefficient (Wildman–Crippen LogP) is 4.40. The number of para-hydroxylation sites is 2. The summed E-state index contributed by atoms with van der Waals surface area (Å²) in [6, 6.07) is 16.3. The smallest absolute Gasteiger partial charge is 0.405 e. The molecule has 0 unspecified atom stereocenters. The highest BCUT2D eigenvalue weighted by atomic mass is 19.4. The lowest BCUT2D eigenvalue weighted by molar-refractivity contribution is -0.123. The normalized spacial score (nSPS) is 11.0. The minimum Gasteiger partial charge on any atom is -0.489 e. The molecule has 3 aromatic rings. The summed E-state index contributed by atoms with van der Waals surface area (Å²) >= 11 is 0. The minimum absolute atomic E-state index is 0.0311. The Morgan fingerprint density at radius 1 is 0.933 bits per heavy atom. The minimum atomic E-state index is -4.55. The fraction of sp³-hybridized carbons (Fsp3) is 0.143. The highest BCUT2D eigenvalue weighted by Crippen LogP contribution is 2.20. The highest BCUT2D eigenvalue weighted by molar-refractivity contribution is 6.08. The number of halogens is 3. The van der Waals surface area contributed by atoms with Crippen LogP contribution in [-0.2, 0) is 6.61 Å². The summed E-state index contributed by atoms with van der Waals surface area (Å²) in [4.78, 5) is 24.7. The van der Waals surface area contributed by atoms with Crippen LogP contribution in [0, 0.1) is 0 Å². The van der Waals surface area contributed by atoms with Gasteiger partial charge in [-0.15, -0.1) is 0 Å². The Hall–Kier alpha value is -3.75. The number of hydrogen-bond donors (Lipinski definition) is 2. The molecule has 6 nitrogen and oxygen atoms in total. The molecule has 2 aromatic carbocycles. The van der Waals surface area contributed by atoms with Crippen molar-refractivity contribution in [2.75, 3.05) is 11.9 Å². The average Bonchev–Trinajstić information content (AvgIpc) is 3.20. The van der Waals surface area contributed by atoms with Gasteiger partial charge in [-0.3, -0.25) is 9.59 Å². The first-order chi connectivity index (χ1) is 14.3. The van der Waals surface area contributed by atoms with E-state index in [1.807, 2.05) is 6.07 Å². The zero-order chi connectivity index (χ0) is 21.6. The number of carbonyl (C=O) groups is 2. The lowest BCUT2D eigenvalue weighted by Crippen LogP contribution is -2.34. The second-order valence-electron chi connectivity index (χ2n) is 6.17. The monoisotopic (exact) mass is 418 g/mol. The molecule has 0 fully saturated rings. The van der Waals surface area contributed by atoms with Gasteiger partial charge in [0, 0.05) is 5.56 Å². The van der Waals surface area contributed by atoms with Crippen LogP contribution in [0.2, 0.25) is 0 Å². The van der Waals surface area contributed by atoms with Crippen LogP contribution >= 0.6 is 0 Å². The lowest BCUT2D eigenvalue weighted by atomic mass is 10.1. The first-order valence-corrected chi connectivity index (χ1v) is 8.83. The molecule has 1 heterocycles. The van der Waals surface area contributed by atoms with E-state index in [1.54, 1.807) is 35.6 Å². The second-order valence-corrected chi connectivity index (χ2v) is 6.17. The van der Waals surface area contributed by atoms with Gasteiger partial charge < -0.3 is 19.8 Å². The molecular formula is C21H17F3N2O4. The van der Waals surface area contributed by atoms with Crippen LogP contribution in [0.1, 0.15) is 26.5 Å². The fourth-order valence-electron chi connectivity index (χ4n) is 2.57. The third kappa shape index (κ3) is 5.63. The Bertz CT molecular complexity index is 1020. The maximum absolute atomic E-state index is 12.6. The van der Waals surface area contributed by atoms with E-state index in [9.17, 15) is 22.8 Å². The van der Waals surface area contributed by atoms with Crippen molar-refractivity contribution >= 4 is 17.5 Å². The quantitative estimate of drug-likeness (QED) is 0.596. The Kier molecular flexibility index (Phi) is 6.41. The van der Waals surface area contributed by atoms with Crippen molar-refractivity contribution in [1.82, 2.24) is 5.32 Å². The Balaban J connectivity index is 1.70. The first kappa shape index (κ1) is 21.0. The number of nitrogens with one attached hydrogen (secondary N) is 2. The Morgan fingerprint density at radius 3 is 2.37 bits per heavy atom. The van der Waals surface area contributed by atoms with E-state index in [4.69, 9.17) is 9.15 Å². The van der Waals surface area contributed by atoms with E-state index < -0.39 is 24.5 Å². The number of hydrogen-bond acceptors (Lipinski definition) is 4. The molecule has 156 valence electrons. The van der Waals surface area contributed by atoms with Gasteiger partial charge in [-0.25, -0.2) is 0 Å². The van der Waals surface area contributed by atoms with Crippen molar-refractivity contribution in [3.05, 3.63) is 83.8 Å². The zero-order valence-corrected chi connectivity index (χ0v) is 15.5. The number of furan rings is 1. The number of ether oxygens (including phenoxy) is 1. The molecule has 9 heteroatoms. The number of carbonyl (C=O) groups excluding carboxylic acids is 2. The van der Waals surface area contributed by atoms with Crippen LogP contribution in [-0.4, -0.2) is 24.5 Å². The number of alkyl halides is 3. The van der Waals surface area contributed by atoms with Crippen molar-refractivity contribution < 1.29 is 31.9 Å². The molecule has 2 N–H and O–H groups in total. The predicted molar refractivity (Wildman–Crippen MR) is 102 cm³/mol. The summed E-state index contributed by atoms with van der Waals surface area (Å²) in [5.74, 6) is -1.05. The molecule has 0 atom stereocenters. The van der Waals surface area contributed by atoms with Gasteiger partial charge >= 0.3 is 6.18 Å². The van der Waals surface area contributed by atoms with Crippen LogP contribution < -0.4 is 15.4 Å². The van der Waals surface area contributed by atoms with E-state index in [0.717, 1.165) is 0 Å². The van der Waals surface area contributed by atoms with Gasteiger partial charge in [-0.05, 0) is 30.3 Å². The topological polar surface area (TPSA) is 80.6 Å². The first-order valence-electron chi connectivity index (χ1n) is 8.83. The van der Waals surface area contributed by atoms with E-state index >= 15 is 0 Å². The Labute approximate surface area is 169 Å². The summed E-state index contributed by atoms with van der Waals surface area (Å²) < 4.78 is 47.9. The third-order valence-electron chi connectivity index (χ3n) is 3.96. The van der Waals surface area contributed by atoms with E-state index in [1.165, 1.54) is 30.5 Å². The van der Waals surface area contributed by atoms with E-state index in [-0.39, 0.29) is 23.6 Å². The number of benzene rings is 2. The molecule has 2 amide bonds. The summed E-state index contributed by atoms with van der Waals surface area (Å²) in [5, 5.41) is 4.28. The van der Waals surface area contributed by atoms with Gasteiger partial charge in [0.1, 0.15) is 18.9 Å². The van der Waals surface area contributed by atoms with Crippen LogP contribution in [0.15, 0.2) is 71.3 Å². The molecule has 0 aliphatic carbocycles. The lowest BCUT2D eigenvalue weighted by Gasteiger charge is -2.12. The number of amides is 2. The maximum atomic E-state index is 12.6. The molecule has 0 radical (unpaired) electrons. The summed E-state index contributed by atoms with van der Waals surface area (Å²) in [6.45, 7) is -1.41. The standard InChI is InChI=1S/C21H17F3N2O4/c22-21(23,24)13-25-19(27)16-8-4-5-9-17(16)26-20(28)18-14(10-11-29-18)12-30-15-6-2-1-3-7-15/h1-11H,12-13H2,(H,25,27)(H,26,28). The molecule has 0 spiro atoms. The molecule has 0 saturated carbocycles. The second kappa shape index (κ2) is 9.17. The van der Waals surface area contributed by atoms with Crippen LogP contribution in [0.3, 0.4) is 0 Å².